The second-order valence-electron chi connectivity index (χ2n) is 13.6. The first-order valence-corrected chi connectivity index (χ1v) is 19.1. The van der Waals surface area contributed by atoms with Gasteiger partial charge in [-0.2, -0.15) is 0 Å². The maximum Gasteiger partial charge on any atom is 0.276 e. The number of nitrogens with one attached hydrogen (secondary N) is 3. The molecule has 13 heteroatoms. The van der Waals surface area contributed by atoms with Crippen LogP contribution in [-0.4, -0.2) is 80.4 Å². The molecular weight excluding hydrogens is 694 g/mol. The number of para-hydroxylation sites is 2. The van der Waals surface area contributed by atoms with Gasteiger partial charge in [-0.15, -0.1) is 11.6 Å². The summed E-state index contributed by atoms with van der Waals surface area (Å²) >= 11 is 5.69. The molecule has 1 aliphatic carbocycles. The number of aromatic amines is 1. The molecule has 0 bridgehead atoms. The van der Waals surface area contributed by atoms with Crippen LogP contribution in [0.4, 0.5) is 5.69 Å². The van der Waals surface area contributed by atoms with E-state index < -0.39 is 0 Å². The van der Waals surface area contributed by atoms with E-state index in [1.165, 1.54) is 4.57 Å². The number of benzene rings is 2. The van der Waals surface area contributed by atoms with Gasteiger partial charge in [0, 0.05) is 50.8 Å². The van der Waals surface area contributed by atoms with Gasteiger partial charge in [0.25, 0.3) is 5.56 Å². The van der Waals surface area contributed by atoms with Crippen LogP contribution in [0.25, 0.3) is 12.2 Å². The molecule has 2 aliphatic rings. The van der Waals surface area contributed by atoms with Crippen LogP contribution in [0.15, 0.2) is 75.2 Å². The normalized spacial score (nSPS) is 17.2. The molecule has 2 aromatic carbocycles. The van der Waals surface area contributed by atoms with Crippen LogP contribution in [0, 0.1) is 5.92 Å². The number of alkyl halides is 1. The summed E-state index contributed by atoms with van der Waals surface area (Å²) in [6.45, 7) is 2.49. The maximum absolute atomic E-state index is 13.7. The van der Waals surface area contributed by atoms with Crippen molar-refractivity contribution in [3.63, 3.8) is 0 Å². The number of H-pyrrole nitrogens is 1. The third kappa shape index (κ3) is 12.3. The van der Waals surface area contributed by atoms with Gasteiger partial charge in [0.05, 0.1) is 30.5 Å². The third-order valence-electron chi connectivity index (χ3n) is 9.35. The number of rotatable bonds is 19. The average molecular weight is 746 g/mol. The van der Waals surface area contributed by atoms with E-state index in [2.05, 4.69) is 25.6 Å². The summed E-state index contributed by atoms with van der Waals surface area (Å²) in [6, 6.07) is 15.4. The van der Waals surface area contributed by atoms with E-state index in [9.17, 15) is 14.4 Å². The van der Waals surface area contributed by atoms with Gasteiger partial charge in [-0.25, -0.2) is 9.98 Å². The van der Waals surface area contributed by atoms with Gasteiger partial charge < -0.3 is 30.0 Å². The van der Waals surface area contributed by atoms with Gasteiger partial charge >= 0.3 is 0 Å². The number of nitrogens with zero attached hydrogens (tertiary/aromatic N) is 4. The highest BCUT2D eigenvalue weighted by Crippen LogP contribution is 2.24. The molecule has 0 spiro atoms. The summed E-state index contributed by atoms with van der Waals surface area (Å²) in [5, 5.41) is 8.00. The number of carbonyl (C=O) groups excluding carboxylic acids is 2. The second-order valence-corrected chi connectivity index (χ2v) is 14.0. The topological polar surface area (TPSA) is 142 Å². The molecule has 2 amide bonds. The molecular formula is C40H52ClN7O5. The molecule has 2 heterocycles. The number of carbonyl (C=O) groups is 2. The monoisotopic (exact) mass is 745 g/mol. The Hall–Kier alpha value is -4.52. The molecule has 5 rings (SSSR count). The minimum atomic E-state index is -0.309. The molecule has 53 heavy (non-hydrogen) atoms. The van der Waals surface area contributed by atoms with Crippen LogP contribution in [0.1, 0.15) is 56.9 Å². The molecule has 1 aromatic heterocycles. The van der Waals surface area contributed by atoms with Crippen molar-refractivity contribution in [2.75, 3.05) is 57.8 Å². The molecule has 0 radical (unpaired) electrons. The second kappa shape index (κ2) is 20.6. The zero-order valence-electron chi connectivity index (χ0n) is 30.8. The van der Waals surface area contributed by atoms with Crippen molar-refractivity contribution in [3.8, 4) is 0 Å². The lowest BCUT2D eigenvalue weighted by Gasteiger charge is -2.28. The van der Waals surface area contributed by atoms with E-state index in [-0.39, 0.29) is 35.9 Å². The molecule has 284 valence electrons. The molecule has 1 fully saturated rings. The zero-order valence-corrected chi connectivity index (χ0v) is 31.6. The number of imidazole rings is 1. The number of hydrogen-bond acceptors (Lipinski definition) is 8. The van der Waals surface area contributed by atoms with Crippen molar-refractivity contribution in [1.29, 1.82) is 0 Å². The van der Waals surface area contributed by atoms with Crippen molar-refractivity contribution in [2.24, 2.45) is 15.9 Å². The quantitative estimate of drug-likeness (QED) is 0.127. The van der Waals surface area contributed by atoms with Crippen LogP contribution in [0.5, 0.6) is 0 Å². The Balaban J connectivity index is 1.13. The van der Waals surface area contributed by atoms with E-state index in [1.807, 2.05) is 67.5 Å². The highest BCUT2D eigenvalue weighted by atomic mass is 35.5. The lowest BCUT2D eigenvalue weighted by molar-refractivity contribution is -0.126. The lowest BCUT2D eigenvalue weighted by atomic mass is 9.85. The van der Waals surface area contributed by atoms with Crippen molar-refractivity contribution in [1.82, 2.24) is 20.2 Å². The highest BCUT2D eigenvalue weighted by molar-refractivity contribution is 6.17. The number of aromatic nitrogens is 2. The van der Waals surface area contributed by atoms with Crippen LogP contribution >= 0.6 is 11.6 Å². The molecule has 0 unspecified atom stereocenters. The van der Waals surface area contributed by atoms with Gasteiger partial charge in [-0.1, -0.05) is 37.1 Å². The smallest absolute Gasteiger partial charge is 0.276 e. The standard InChI is InChI=1S/C40H52ClN7O5/c1-47(2)32-17-11-29(12-18-32)27-35-40(51)48(37(46-35)20-19-36-44-33-9-5-6-10-34(33)45-36)28-38(49)43-31-15-13-30(14-16-31)39(50)42-22-24-53-26-25-52-23-8-4-3-7-21-41/h5-6,9-12,17-20,27,30-31,46H,3-4,7-8,13-16,21-26,28H2,1-2H3,(H,42,50)(H,43,49)/b35-27+,37-20?. The van der Waals surface area contributed by atoms with Crippen molar-refractivity contribution < 1.29 is 19.1 Å². The summed E-state index contributed by atoms with van der Waals surface area (Å²) in [6.07, 6.45) is 12.3. The molecule has 0 atom stereocenters. The summed E-state index contributed by atoms with van der Waals surface area (Å²) in [7, 11) is 3.94. The summed E-state index contributed by atoms with van der Waals surface area (Å²) in [5.74, 6) is 0.870. The highest BCUT2D eigenvalue weighted by Gasteiger charge is 2.27. The fourth-order valence-corrected chi connectivity index (χ4v) is 6.56. The Bertz CT molecular complexity index is 1960. The summed E-state index contributed by atoms with van der Waals surface area (Å²) < 4.78 is 12.6. The number of hydrogen-bond donors (Lipinski definition) is 3. The molecule has 3 N–H and O–H groups in total. The van der Waals surface area contributed by atoms with E-state index >= 15 is 0 Å². The van der Waals surface area contributed by atoms with Crippen LogP contribution in [-0.2, 0) is 25.6 Å². The number of unbranched alkanes of at least 4 members (excludes halogenated alkanes) is 3. The Morgan fingerprint density at radius 1 is 0.906 bits per heavy atom. The Morgan fingerprint density at radius 3 is 2.26 bits per heavy atom. The predicted molar refractivity (Wildman–Crippen MR) is 208 cm³/mol. The minimum Gasteiger partial charge on any atom is -0.379 e. The van der Waals surface area contributed by atoms with Gasteiger partial charge in [0.15, 0.2) is 5.82 Å². The Kier molecular flexibility index (Phi) is 15.5. The molecule has 0 saturated heterocycles. The van der Waals surface area contributed by atoms with Gasteiger partial charge in [0.2, 0.25) is 11.8 Å². The first-order chi connectivity index (χ1) is 25.8. The molecule has 1 aliphatic heterocycles. The van der Waals surface area contributed by atoms with Crippen molar-refractivity contribution in [3.05, 3.63) is 97.9 Å². The number of ether oxygens (including phenoxy) is 2. The lowest BCUT2D eigenvalue weighted by Crippen LogP contribution is -2.44. The van der Waals surface area contributed by atoms with Crippen LogP contribution in [0.2, 0.25) is 0 Å². The summed E-state index contributed by atoms with van der Waals surface area (Å²) in [5.41, 5.74) is 2.05. The van der Waals surface area contributed by atoms with E-state index in [0.29, 0.717) is 74.6 Å². The van der Waals surface area contributed by atoms with E-state index in [0.717, 1.165) is 54.3 Å². The number of anilines is 1. The first-order valence-electron chi connectivity index (χ1n) is 18.6. The summed E-state index contributed by atoms with van der Waals surface area (Å²) in [4.78, 5) is 54.1. The molecule has 3 aromatic rings. The number of fused-ring (bicyclic) bond motifs is 1. The number of allylic oxidation sites excluding steroid dienone is 1. The van der Waals surface area contributed by atoms with Crippen LogP contribution in [0.3, 0.4) is 0 Å². The van der Waals surface area contributed by atoms with Gasteiger partial charge in [-0.05, 0) is 86.6 Å². The molecule has 1 saturated carbocycles. The van der Waals surface area contributed by atoms with E-state index in [1.54, 1.807) is 18.2 Å². The van der Waals surface area contributed by atoms with Gasteiger partial charge in [0.1, 0.15) is 17.4 Å². The van der Waals surface area contributed by atoms with Crippen LogP contribution < -0.4 is 42.6 Å². The zero-order chi connectivity index (χ0) is 37.4. The largest absolute Gasteiger partial charge is 0.379 e. The third-order valence-corrected chi connectivity index (χ3v) is 9.61. The average Bonchev–Trinajstić information content (AvgIpc) is 3.71. The first kappa shape index (κ1) is 39.7. The minimum absolute atomic E-state index is 0.0173. The van der Waals surface area contributed by atoms with Crippen molar-refractivity contribution in [2.45, 2.75) is 64.0 Å². The predicted octanol–water partition coefficient (Wildman–Crippen LogP) is 2.27. The Labute approximate surface area is 315 Å². The molecule has 12 nitrogen and oxygen atoms in total. The SMILES string of the molecule is CN(C)c1ccc(/C=c2/[nH]c(=CC=C3N=c4ccccc4=N3)n(CC(=O)NC3CCC(C(=O)NCCOCCOCCCCCCCl)CC3)c2=O)cc1. The Morgan fingerprint density at radius 2 is 1.58 bits per heavy atom. The maximum atomic E-state index is 13.7. The van der Waals surface area contributed by atoms with Gasteiger partial charge in [-0.3, -0.25) is 19.0 Å². The number of amides is 2. The fraction of sp³-hybridized carbons (Fsp3) is 0.475. The fourth-order valence-electron chi connectivity index (χ4n) is 6.37. The van der Waals surface area contributed by atoms with Crippen molar-refractivity contribution >= 4 is 41.3 Å². The van der Waals surface area contributed by atoms with E-state index in [4.69, 9.17) is 21.1 Å². The number of halogens is 1.